The second-order valence-electron chi connectivity index (χ2n) is 4.47. The molecule has 1 atom stereocenters. The largest absolute Gasteiger partial charge is 0.477 e. The summed E-state index contributed by atoms with van der Waals surface area (Å²) in [5.41, 5.74) is 1.43. The van der Waals surface area contributed by atoms with E-state index in [1.165, 1.54) is 12.8 Å². The van der Waals surface area contributed by atoms with E-state index in [0.29, 0.717) is 24.0 Å². The minimum absolute atomic E-state index is 0. The zero-order valence-electron chi connectivity index (χ0n) is 10.5. The second-order valence-corrected chi connectivity index (χ2v) is 4.47. The van der Waals surface area contributed by atoms with Gasteiger partial charge in [0.25, 0.3) is 0 Å². The summed E-state index contributed by atoms with van der Waals surface area (Å²) >= 11 is 0. The molecule has 0 bridgehead atoms. The van der Waals surface area contributed by atoms with Crippen LogP contribution in [0.2, 0.25) is 0 Å². The first-order valence-corrected chi connectivity index (χ1v) is 6.00. The number of halogens is 1. The number of nitrogens with zero attached hydrogens (tertiary/aromatic N) is 2. The molecule has 5 heteroatoms. The number of piperidine rings is 1. The summed E-state index contributed by atoms with van der Waals surface area (Å²) < 4.78 is 5.67. The van der Waals surface area contributed by atoms with Crippen molar-refractivity contribution in [2.45, 2.75) is 19.8 Å². The van der Waals surface area contributed by atoms with Crippen molar-refractivity contribution in [2.75, 3.05) is 19.7 Å². The zero-order valence-corrected chi connectivity index (χ0v) is 11.3. The predicted molar refractivity (Wildman–Crippen MR) is 72.0 cm³/mol. The highest BCUT2D eigenvalue weighted by Crippen LogP contribution is 2.15. The van der Waals surface area contributed by atoms with Crippen LogP contribution in [0, 0.1) is 24.2 Å². The van der Waals surface area contributed by atoms with Crippen molar-refractivity contribution in [1.29, 1.82) is 5.26 Å². The fourth-order valence-electron chi connectivity index (χ4n) is 2.05. The minimum Gasteiger partial charge on any atom is -0.477 e. The van der Waals surface area contributed by atoms with Crippen LogP contribution in [0.4, 0.5) is 0 Å². The van der Waals surface area contributed by atoms with Gasteiger partial charge in [0.15, 0.2) is 0 Å². The van der Waals surface area contributed by atoms with Gasteiger partial charge in [-0.3, -0.25) is 0 Å². The van der Waals surface area contributed by atoms with Gasteiger partial charge in [0, 0.05) is 24.2 Å². The van der Waals surface area contributed by atoms with Gasteiger partial charge in [0.05, 0.1) is 18.2 Å². The lowest BCUT2D eigenvalue weighted by atomic mass is 10.0. The average Bonchev–Trinajstić information content (AvgIpc) is 2.37. The molecule has 1 saturated heterocycles. The van der Waals surface area contributed by atoms with E-state index in [-0.39, 0.29) is 12.4 Å². The summed E-state index contributed by atoms with van der Waals surface area (Å²) in [5, 5.41) is 12.2. The fourth-order valence-corrected chi connectivity index (χ4v) is 2.05. The molecule has 0 aromatic carbocycles. The molecule has 1 aliphatic heterocycles. The molecule has 1 fully saturated rings. The highest BCUT2D eigenvalue weighted by Gasteiger charge is 2.13. The Bertz CT molecular complexity index is 425. The van der Waals surface area contributed by atoms with Crippen molar-refractivity contribution in [1.82, 2.24) is 10.3 Å². The number of ether oxygens (including phenoxy) is 1. The smallest absolute Gasteiger partial charge is 0.214 e. The Morgan fingerprint density at radius 2 is 2.39 bits per heavy atom. The zero-order chi connectivity index (χ0) is 12.1. The maximum absolute atomic E-state index is 8.86. The lowest BCUT2D eigenvalue weighted by molar-refractivity contribution is 0.212. The molecule has 0 spiro atoms. The molecular formula is C13H18ClN3O. The molecule has 98 valence electrons. The van der Waals surface area contributed by atoms with Gasteiger partial charge < -0.3 is 10.1 Å². The third-order valence-corrected chi connectivity index (χ3v) is 2.92. The molecule has 1 N–H and O–H groups in total. The van der Waals surface area contributed by atoms with E-state index < -0.39 is 0 Å². The summed E-state index contributed by atoms with van der Waals surface area (Å²) in [6.07, 6.45) is 2.41. The van der Waals surface area contributed by atoms with E-state index in [4.69, 9.17) is 10.00 Å². The molecule has 0 aliphatic carbocycles. The van der Waals surface area contributed by atoms with E-state index in [9.17, 15) is 0 Å². The molecule has 18 heavy (non-hydrogen) atoms. The van der Waals surface area contributed by atoms with Gasteiger partial charge in [-0.25, -0.2) is 4.98 Å². The second kappa shape index (κ2) is 7.20. The summed E-state index contributed by atoms with van der Waals surface area (Å²) in [7, 11) is 0. The Labute approximate surface area is 114 Å². The predicted octanol–water partition coefficient (Wildman–Crippen LogP) is 2.06. The molecule has 1 aromatic heterocycles. The van der Waals surface area contributed by atoms with E-state index >= 15 is 0 Å². The van der Waals surface area contributed by atoms with Crippen LogP contribution in [0.15, 0.2) is 12.1 Å². The topological polar surface area (TPSA) is 57.9 Å². The Balaban J connectivity index is 0.00000162. The van der Waals surface area contributed by atoms with Gasteiger partial charge in [-0.1, -0.05) is 0 Å². The van der Waals surface area contributed by atoms with Crippen LogP contribution in [-0.2, 0) is 0 Å². The number of hydrogen-bond acceptors (Lipinski definition) is 4. The lowest BCUT2D eigenvalue weighted by Gasteiger charge is -2.22. The molecule has 2 heterocycles. The molecule has 2 rings (SSSR count). The highest BCUT2D eigenvalue weighted by molar-refractivity contribution is 5.85. The van der Waals surface area contributed by atoms with Crippen LogP contribution < -0.4 is 10.1 Å². The number of nitriles is 1. The lowest BCUT2D eigenvalue weighted by Crippen LogP contribution is -2.33. The third-order valence-electron chi connectivity index (χ3n) is 2.92. The number of aromatic nitrogens is 1. The number of nitrogens with one attached hydrogen (secondary N) is 1. The Hall–Kier alpha value is -1.31. The summed E-state index contributed by atoms with van der Waals surface area (Å²) in [6.45, 7) is 4.67. The van der Waals surface area contributed by atoms with Gasteiger partial charge >= 0.3 is 0 Å². The van der Waals surface area contributed by atoms with Gasteiger partial charge in [-0.15, -0.1) is 12.4 Å². The SMILES string of the molecule is Cc1cc(C#N)cc(OC[C@H]2CCCNC2)n1.Cl. The Morgan fingerprint density at radius 1 is 1.56 bits per heavy atom. The van der Waals surface area contributed by atoms with E-state index in [1.807, 2.05) is 6.92 Å². The van der Waals surface area contributed by atoms with Gasteiger partial charge in [0.2, 0.25) is 5.88 Å². The van der Waals surface area contributed by atoms with Gasteiger partial charge in [-0.05, 0) is 32.4 Å². The van der Waals surface area contributed by atoms with Crippen molar-refractivity contribution in [3.8, 4) is 11.9 Å². The summed E-state index contributed by atoms with van der Waals surface area (Å²) in [6, 6.07) is 5.57. The Morgan fingerprint density at radius 3 is 3.06 bits per heavy atom. The molecule has 0 saturated carbocycles. The molecule has 4 nitrogen and oxygen atoms in total. The first kappa shape index (κ1) is 14.7. The average molecular weight is 268 g/mol. The van der Waals surface area contributed by atoms with Crippen molar-refractivity contribution < 1.29 is 4.74 Å². The number of aryl methyl sites for hydroxylation is 1. The van der Waals surface area contributed by atoms with Gasteiger partial charge in [-0.2, -0.15) is 5.26 Å². The van der Waals surface area contributed by atoms with Crippen LogP contribution in [0.25, 0.3) is 0 Å². The molecule has 0 unspecified atom stereocenters. The standard InChI is InChI=1S/C13H17N3O.ClH/c1-10-5-12(7-14)6-13(16-10)17-9-11-3-2-4-15-8-11;/h5-6,11,15H,2-4,8-9H2,1H3;1H/t11-;/m0./s1. The molecular weight excluding hydrogens is 250 g/mol. The highest BCUT2D eigenvalue weighted by atomic mass is 35.5. The van der Waals surface area contributed by atoms with Crippen molar-refractivity contribution in [2.24, 2.45) is 5.92 Å². The first-order chi connectivity index (χ1) is 8.28. The molecule has 1 aromatic rings. The van der Waals surface area contributed by atoms with Crippen molar-refractivity contribution >= 4 is 12.4 Å². The number of pyridine rings is 1. The van der Waals surface area contributed by atoms with E-state index in [2.05, 4.69) is 16.4 Å². The first-order valence-electron chi connectivity index (χ1n) is 6.00. The normalized spacial score (nSPS) is 18.6. The maximum Gasteiger partial charge on any atom is 0.214 e. The molecule has 1 aliphatic rings. The third kappa shape index (κ3) is 4.17. The van der Waals surface area contributed by atoms with E-state index in [0.717, 1.165) is 18.8 Å². The Kier molecular flexibility index (Phi) is 5.90. The monoisotopic (exact) mass is 267 g/mol. The number of rotatable bonds is 3. The van der Waals surface area contributed by atoms with Crippen LogP contribution in [0.1, 0.15) is 24.1 Å². The van der Waals surface area contributed by atoms with Crippen molar-refractivity contribution in [3.63, 3.8) is 0 Å². The van der Waals surface area contributed by atoms with Crippen LogP contribution in [0.3, 0.4) is 0 Å². The minimum atomic E-state index is 0. The number of hydrogen-bond donors (Lipinski definition) is 1. The fraction of sp³-hybridized carbons (Fsp3) is 0.538. The summed E-state index contributed by atoms with van der Waals surface area (Å²) in [4.78, 5) is 4.27. The van der Waals surface area contributed by atoms with Crippen LogP contribution in [0.5, 0.6) is 5.88 Å². The van der Waals surface area contributed by atoms with E-state index in [1.54, 1.807) is 12.1 Å². The van der Waals surface area contributed by atoms with Crippen LogP contribution >= 0.6 is 12.4 Å². The molecule has 0 radical (unpaired) electrons. The molecule has 0 amide bonds. The quantitative estimate of drug-likeness (QED) is 0.911. The van der Waals surface area contributed by atoms with Crippen LogP contribution in [-0.4, -0.2) is 24.7 Å². The van der Waals surface area contributed by atoms with Crippen molar-refractivity contribution in [3.05, 3.63) is 23.4 Å². The maximum atomic E-state index is 8.86. The van der Waals surface area contributed by atoms with Gasteiger partial charge in [0.1, 0.15) is 0 Å². The summed E-state index contributed by atoms with van der Waals surface area (Å²) in [5.74, 6) is 1.11.